The number of benzene rings is 1. The summed E-state index contributed by atoms with van der Waals surface area (Å²) < 4.78 is 24.6. The van der Waals surface area contributed by atoms with E-state index in [0.717, 1.165) is 25.6 Å². The van der Waals surface area contributed by atoms with E-state index in [4.69, 9.17) is 9.47 Å². The SMILES string of the molecule is CCCCC1CN(CC(CN2C(=O)COc3ccc(F)cc32)OC)C1. The monoisotopic (exact) mass is 350 g/mol. The molecule has 3 rings (SSSR count). The molecule has 2 aliphatic rings. The fourth-order valence-corrected chi connectivity index (χ4v) is 3.58. The van der Waals surface area contributed by atoms with Gasteiger partial charge < -0.3 is 19.3 Å². The second-order valence-corrected chi connectivity index (χ2v) is 6.99. The summed E-state index contributed by atoms with van der Waals surface area (Å²) in [5.41, 5.74) is 0.489. The number of anilines is 1. The number of ether oxygens (including phenoxy) is 2. The van der Waals surface area contributed by atoms with Crippen LogP contribution in [0, 0.1) is 11.7 Å². The lowest BCUT2D eigenvalue weighted by molar-refractivity contribution is -0.121. The molecule has 1 fully saturated rings. The highest BCUT2D eigenvalue weighted by atomic mass is 19.1. The van der Waals surface area contributed by atoms with E-state index in [1.807, 2.05) is 0 Å². The summed E-state index contributed by atoms with van der Waals surface area (Å²) in [6.07, 6.45) is 3.72. The van der Waals surface area contributed by atoms with E-state index in [1.165, 1.54) is 31.4 Å². The van der Waals surface area contributed by atoms with E-state index in [2.05, 4.69) is 11.8 Å². The Labute approximate surface area is 148 Å². The molecule has 0 aromatic heterocycles. The predicted octanol–water partition coefficient (Wildman–Crippen LogP) is 2.69. The van der Waals surface area contributed by atoms with Crippen LogP contribution in [0.2, 0.25) is 0 Å². The van der Waals surface area contributed by atoms with Crippen LogP contribution in [-0.4, -0.2) is 56.8 Å². The van der Waals surface area contributed by atoms with Gasteiger partial charge in [0.2, 0.25) is 0 Å². The maximum absolute atomic E-state index is 13.6. The summed E-state index contributed by atoms with van der Waals surface area (Å²) >= 11 is 0. The average molecular weight is 350 g/mol. The highest BCUT2D eigenvalue weighted by Crippen LogP contribution is 2.33. The van der Waals surface area contributed by atoms with Crippen LogP contribution in [0.5, 0.6) is 5.75 Å². The number of carbonyl (C=O) groups is 1. The highest BCUT2D eigenvalue weighted by molar-refractivity contribution is 5.97. The first-order valence-corrected chi connectivity index (χ1v) is 9.08. The Balaban J connectivity index is 1.59. The highest BCUT2D eigenvalue weighted by Gasteiger charge is 2.32. The van der Waals surface area contributed by atoms with Crippen molar-refractivity contribution >= 4 is 11.6 Å². The van der Waals surface area contributed by atoms with E-state index in [-0.39, 0.29) is 24.4 Å². The first kappa shape index (κ1) is 18.1. The minimum atomic E-state index is -0.377. The average Bonchev–Trinajstić information content (AvgIpc) is 2.57. The molecule has 2 aliphatic heterocycles. The Morgan fingerprint density at radius 3 is 2.88 bits per heavy atom. The van der Waals surface area contributed by atoms with Crippen LogP contribution in [0.3, 0.4) is 0 Å². The van der Waals surface area contributed by atoms with Crippen molar-refractivity contribution in [3.05, 3.63) is 24.0 Å². The van der Waals surface area contributed by atoms with Gasteiger partial charge in [-0.15, -0.1) is 0 Å². The third-order valence-electron chi connectivity index (χ3n) is 5.04. The van der Waals surface area contributed by atoms with Crippen molar-refractivity contribution in [3.8, 4) is 5.75 Å². The van der Waals surface area contributed by atoms with E-state index >= 15 is 0 Å². The molecule has 0 spiro atoms. The van der Waals surface area contributed by atoms with Gasteiger partial charge in [-0.25, -0.2) is 4.39 Å². The lowest BCUT2D eigenvalue weighted by Crippen LogP contribution is -2.53. The minimum Gasteiger partial charge on any atom is -0.482 e. The number of amides is 1. The zero-order valence-corrected chi connectivity index (χ0v) is 15.0. The summed E-state index contributed by atoms with van der Waals surface area (Å²) in [5.74, 6) is 0.791. The van der Waals surface area contributed by atoms with Gasteiger partial charge in [-0.2, -0.15) is 0 Å². The Morgan fingerprint density at radius 1 is 1.36 bits per heavy atom. The molecule has 2 heterocycles. The van der Waals surface area contributed by atoms with Gasteiger partial charge in [0.15, 0.2) is 6.61 Å². The van der Waals surface area contributed by atoms with Crippen LogP contribution in [0.4, 0.5) is 10.1 Å². The van der Waals surface area contributed by atoms with Gasteiger partial charge in [-0.05, 0) is 24.5 Å². The number of hydrogen-bond donors (Lipinski definition) is 0. The molecule has 1 amide bonds. The Morgan fingerprint density at radius 2 is 2.16 bits per heavy atom. The molecular weight excluding hydrogens is 323 g/mol. The van der Waals surface area contributed by atoms with Crippen LogP contribution in [0.25, 0.3) is 0 Å². The smallest absolute Gasteiger partial charge is 0.265 e. The van der Waals surface area contributed by atoms with E-state index < -0.39 is 0 Å². The number of hydrogen-bond acceptors (Lipinski definition) is 4. The molecule has 1 atom stereocenters. The molecule has 1 unspecified atom stereocenters. The van der Waals surface area contributed by atoms with Crippen molar-refractivity contribution in [2.75, 3.05) is 44.8 Å². The standard InChI is InChI=1S/C19H27FN2O3/c1-3-4-5-14-9-21(10-14)11-16(24-2)12-22-17-8-15(20)6-7-18(17)25-13-19(22)23/h6-8,14,16H,3-5,9-13H2,1-2H3. The number of likely N-dealkylation sites (tertiary alicyclic amines) is 1. The number of fused-ring (bicyclic) bond motifs is 1. The summed E-state index contributed by atoms with van der Waals surface area (Å²) in [5, 5.41) is 0. The number of carbonyl (C=O) groups excluding carboxylic acids is 1. The first-order valence-electron chi connectivity index (χ1n) is 9.08. The molecular formula is C19H27FN2O3. The lowest BCUT2D eigenvalue weighted by Gasteiger charge is -2.42. The molecule has 1 saturated heterocycles. The second-order valence-electron chi connectivity index (χ2n) is 6.99. The fourth-order valence-electron chi connectivity index (χ4n) is 3.58. The van der Waals surface area contributed by atoms with Gasteiger partial charge >= 0.3 is 0 Å². The van der Waals surface area contributed by atoms with Gasteiger partial charge in [0.25, 0.3) is 5.91 Å². The third-order valence-corrected chi connectivity index (χ3v) is 5.04. The van der Waals surface area contributed by atoms with Crippen molar-refractivity contribution in [1.82, 2.24) is 4.90 Å². The van der Waals surface area contributed by atoms with Gasteiger partial charge in [-0.1, -0.05) is 19.8 Å². The summed E-state index contributed by atoms with van der Waals surface area (Å²) in [6, 6.07) is 4.26. The van der Waals surface area contributed by atoms with E-state index in [0.29, 0.717) is 18.0 Å². The molecule has 0 saturated carbocycles. The Hall–Kier alpha value is -1.66. The molecule has 5 nitrogen and oxygen atoms in total. The largest absolute Gasteiger partial charge is 0.482 e. The lowest BCUT2D eigenvalue weighted by atomic mass is 9.93. The van der Waals surface area contributed by atoms with Gasteiger partial charge in [0.05, 0.1) is 18.3 Å². The molecule has 1 aromatic rings. The third kappa shape index (κ3) is 4.30. The molecule has 0 radical (unpaired) electrons. The molecule has 138 valence electrons. The van der Waals surface area contributed by atoms with Crippen LogP contribution >= 0.6 is 0 Å². The van der Waals surface area contributed by atoms with Crippen LogP contribution in [-0.2, 0) is 9.53 Å². The molecule has 0 aliphatic carbocycles. The van der Waals surface area contributed by atoms with Crippen molar-refractivity contribution in [2.45, 2.75) is 32.3 Å². The molecule has 0 N–H and O–H groups in total. The van der Waals surface area contributed by atoms with Crippen LogP contribution in [0.1, 0.15) is 26.2 Å². The van der Waals surface area contributed by atoms with Gasteiger partial charge in [-0.3, -0.25) is 4.79 Å². The molecule has 1 aromatic carbocycles. The van der Waals surface area contributed by atoms with Gasteiger partial charge in [0, 0.05) is 32.8 Å². The van der Waals surface area contributed by atoms with Crippen molar-refractivity contribution in [2.24, 2.45) is 5.92 Å². The topological polar surface area (TPSA) is 42.0 Å². The first-order chi connectivity index (χ1) is 12.1. The number of halogens is 1. The molecule has 0 bridgehead atoms. The fraction of sp³-hybridized carbons (Fsp3) is 0.632. The summed E-state index contributed by atoms with van der Waals surface area (Å²) in [7, 11) is 1.66. The molecule has 6 heteroatoms. The van der Waals surface area contributed by atoms with Crippen molar-refractivity contribution in [3.63, 3.8) is 0 Å². The normalized spacial score (nSPS) is 19.3. The second kappa shape index (κ2) is 8.15. The maximum atomic E-state index is 13.6. The van der Waals surface area contributed by atoms with E-state index in [1.54, 1.807) is 18.1 Å². The number of nitrogens with zero attached hydrogens (tertiary/aromatic N) is 2. The number of unbranched alkanes of at least 4 members (excludes halogenated alkanes) is 1. The van der Waals surface area contributed by atoms with Gasteiger partial charge in [0.1, 0.15) is 11.6 Å². The van der Waals surface area contributed by atoms with Crippen molar-refractivity contribution < 1.29 is 18.7 Å². The van der Waals surface area contributed by atoms with Crippen LogP contribution < -0.4 is 9.64 Å². The zero-order valence-electron chi connectivity index (χ0n) is 15.0. The van der Waals surface area contributed by atoms with Crippen molar-refractivity contribution in [1.29, 1.82) is 0 Å². The quantitative estimate of drug-likeness (QED) is 0.723. The minimum absolute atomic E-state index is 0.0160. The Bertz CT molecular complexity index is 604. The molecule has 25 heavy (non-hydrogen) atoms. The number of methoxy groups -OCH3 is 1. The maximum Gasteiger partial charge on any atom is 0.265 e. The zero-order chi connectivity index (χ0) is 17.8. The Kier molecular flexibility index (Phi) is 5.91. The number of rotatable bonds is 8. The van der Waals surface area contributed by atoms with E-state index in [9.17, 15) is 9.18 Å². The predicted molar refractivity (Wildman–Crippen MR) is 94.5 cm³/mol. The summed E-state index contributed by atoms with van der Waals surface area (Å²) in [4.78, 5) is 16.2. The summed E-state index contributed by atoms with van der Waals surface area (Å²) in [6.45, 7) is 5.60. The van der Waals surface area contributed by atoms with Crippen LogP contribution in [0.15, 0.2) is 18.2 Å².